The molecule has 0 saturated carbocycles. The van der Waals surface area contributed by atoms with E-state index in [0.717, 1.165) is 38.3 Å². The standard InChI is InChI=1S/C17H22N2O2/c1-15(21)19-10-8-18(9-11-19)14-17-7-4-6-16(13-17)5-2-3-12-20/h4,6-7,13,20H,3,8-12,14H2,1H3. The van der Waals surface area contributed by atoms with Gasteiger partial charge in [0, 0.05) is 51.6 Å². The van der Waals surface area contributed by atoms with Crippen LogP contribution in [0.3, 0.4) is 0 Å². The Bertz CT molecular complexity index is 537. The number of aliphatic hydroxyl groups excluding tert-OH is 1. The molecule has 1 amide bonds. The molecule has 0 spiro atoms. The first kappa shape index (κ1) is 15.6. The number of carbonyl (C=O) groups is 1. The Morgan fingerprint density at radius 2 is 2.05 bits per heavy atom. The van der Waals surface area contributed by atoms with Gasteiger partial charge in [0.1, 0.15) is 0 Å². The van der Waals surface area contributed by atoms with Gasteiger partial charge in [-0.3, -0.25) is 9.69 Å². The van der Waals surface area contributed by atoms with Gasteiger partial charge < -0.3 is 10.0 Å². The Morgan fingerprint density at radius 3 is 2.71 bits per heavy atom. The van der Waals surface area contributed by atoms with Crippen molar-refractivity contribution >= 4 is 5.91 Å². The quantitative estimate of drug-likeness (QED) is 0.846. The van der Waals surface area contributed by atoms with E-state index in [-0.39, 0.29) is 12.5 Å². The van der Waals surface area contributed by atoms with Crippen molar-refractivity contribution < 1.29 is 9.90 Å². The third-order valence-corrected chi connectivity index (χ3v) is 3.62. The lowest BCUT2D eigenvalue weighted by Gasteiger charge is -2.34. The second kappa shape index (κ2) is 7.82. The predicted molar refractivity (Wildman–Crippen MR) is 82.6 cm³/mol. The monoisotopic (exact) mass is 286 g/mol. The molecule has 0 radical (unpaired) electrons. The molecule has 0 bridgehead atoms. The molecule has 1 saturated heterocycles. The summed E-state index contributed by atoms with van der Waals surface area (Å²) in [6.07, 6.45) is 0.511. The third-order valence-electron chi connectivity index (χ3n) is 3.62. The molecule has 21 heavy (non-hydrogen) atoms. The van der Waals surface area contributed by atoms with Crippen LogP contribution < -0.4 is 0 Å². The molecule has 1 aliphatic heterocycles. The molecule has 1 aliphatic rings. The largest absolute Gasteiger partial charge is 0.395 e. The Morgan fingerprint density at radius 1 is 1.29 bits per heavy atom. The molecular weight excluding hydrogens is 264 g/mol. The van der Waals surface area contributed by atoms with Crippen LogP contribution in [-0.4, -0.2) is 53.6 Å². The molecule has 4 nitrogen and oxygen atoms in total. The number of benzene rings is 1. The van der Waals surface area contributed by atoms with Gasteiger partial charge >= 0.3 is 0 Å². The molecule has 4 heteroatoms. The molecule has 0 atom stereocenters. The van der Waals surface area contributed by atoms with Crippen molar-refractivity contribution in [2.45, 2.75) is 19.9 Å². The van der Waals surface area contributed by atoms with Crippen LogP contribution in [-0.2, 0) is 11.3 Å². The van der Waals surface area contributed by atoms with Crippen LogP contribution in [0.15, 0.2) is 24.3 Å². The van der Waals surface area contributed by atoms with Crippen LogP contribution in [0, 0.1) is 11.8 Å². The van der Waals surface area contributed by atoms with Crippen molar-refractivity contribution in [3.63, 3.8) is 0 Å². The minimum absolute atomic E-state index is 0.104. The van der Waals surface area contributed by atoms with Gasteiger partial charge in [-0.25, -0.2) is 0 Å². The van der Waals surface area contributed by atoms with Gasteiger partial charge in [0.2, 0.25) is 5.91 Å². The number of piperazine rings is 1. The number of carbonyl (C=O) groups excluding carboxylic acids is 1. The van der Waals surface area contributed by atoms with Crippen LogP contribution in [0.4, 0.5) is 0 Å². The lowest BCUT2D eigenvalue weighted by Crippen LogP contribution is -2.47. The first-order chi connectivity index (χ1) is 10.2. The number of hydrogen-bond acceptors (Lipinski definition) is 3. The van der Waals surface area contributed by atoms with E-state index in [1.807, 2.05) is 17.0 Å². The van der Waals surface area contributed by atoms with E-state index in [2.05, 4.69) is 28.9 Å². The normalized spacial score (nSPS) is 15.4. The molecule has 2 rings (SSSR count). The van der Waals surface area contributed by atoms with E-state index in [1.165, 1.54) is 5.56 Å². The minimum atomic E-state index is 0.104. The lowest BCUT2D eigenvalue weighted by molar-refractivity contribution is -0.130. The lowest BCUT2D eigenvalue weighted by atomic mass is 10.1. The maximum atomic E-state index is 11.3. The molecule has 112 valence electrons. The SMILES string of the molecule is CC(=O)N1CCN(Cc2cccc(C#CCCO)c2)CC1. The number of nitrogens with zero attached hydrogens (tertiary/aromatic N) is 2. The van der Waals surface area contributed by atoms with E-state index < -0.39 is 0 Å². The second-order valence-corrected chi connectivity index (χ2v) is 5.26. The van der Waals surface area contributed by atoms with Crippen molar-refractivity contribution in [3.05, 3.63) is 35.4 Å². The number of aliphatic hydroxyl groups is 1. The van der Waals surface area contributed by atoms with E-state index in [9.17, 15) is 4.79 Å². The first-order valence-corrected chi connectivity index (χ1v) is 7.35. The van der Waals surface area contributed by atoms with Gasteiger partial charge in [-0.05, 0) is 17.7 Å². The fourth-order valence-corrected chi connectivity index (χ4v) is 2.45. The van der Waals surface area contributed by atoms with Gasteiger partial charge in [0.25, 0.3) is 0 Å². The molecule has 1 N–H and O–H groups in total. The van der Waals surface area contributed by atoms with E-state index in [1.54, 1.807) is 6.92 Å². The zero-order valence-corrected chi connectivity index (χ0v) is 12.5. The maximum absolute atomic E-state index is 11.3. The predicted octanol–water partition coefficient (Wildman–Crippen LogP) is 1.08. The molecule has 1 fully saturated rings. The average molecular weight is 286 g/mol. The summed E-state index contributed by atoms with van der Waals surface area (Å²) in [7, 11) is 0. The van der Waals surface area contributed by atoms with Crippen molar-refractivity contribution in [2.24, 2.45) is 0 Å². The van der Waals surface area contributed by atoms with Crippen molar-refractivity contribution in [1.29, 1.82) is 0 Å². The summed E-state index contributed by atoms with van der Waals surface area (Å²) in [4.78, 5) is 15.6. The fourth-order valence-electron chi connectivity index (χ4n) is 2.45. The van der Waals surface area contributed by atoms with Gasteiger partial charge in [-0.15, -0.1) is 0 Å². The number of hydrogen-bond donors (Lipinski definition) is 1. The highest BCUT2D eigenvalue weighted by atomic mass is 16.2. The van der Waals surface area contributed by atoms with E-state index in [4.69, 9.17) is 5.11 Å². The van der Waals surface area contributed by atoms with Crippen molar-refractivity contribution in [2.75, 3.05) is 32.8 Å². The summed E-state index contributed by atoms with van der Waals surface area (Å²) in [5.41, 5.74) is 2.23. The highest BCUT2D eigenvalue weighted by Gasteiger charge is 2.18. The maximum Gasteiger partial charge on any atom is 0.219 e. The van der Waals surface area contributed by atoms with E-state index >= 15 is 0 Å². The summed E-state index contributed by atoms with van der Waals surface area (Å²) in [6, 6.07) is 8.21. The van der Waals surface area contributed by atoms with Crippen LogP contribution >= 0.6 is 0 Å². The highest BCUT2D eigenvalue weighted by Crippen LogP contribution is 2.10. The zero-order chi connectivity index (χ0) is 15.1. The molecular formula is C17H22N2O2. The first-order valence-electron chi connectivity index (χ1n) is 7.35. The summed E-state index contributed by atoms with van der Waals surface area (Å²) in [5.74, 6) is 6.17. The molecule has 1 aromatic rings. The van der Waals surface area contributed by atoms with Crippen LogP contribution in [0.1, 0.15) is 24.5 Å². The summed E-state index contributed by atoms with van der Waals surface area (Å²) >= 11 is 0. The minimum Gasteiger partial charge on any atom is -0.395 e. The van der Waals surface area contributed by atoms with Gasteiger partial charge in [0.05, 0.1) is 6.61 Å². The third kappa shape index (κ3) is 4.89. The zero-order valence-electron chi connectivity index (χ0n) is 12.5. The van der Waals surface area contributed by atoms with E-state index in [0.29, 0.717) is 6.42 Å². The topological polar surface area (TPSA) is 43.8 Å². The Kier molecular flexibility index (Phi) is 5.79. The molecule has 1 aromatic carbocycles. The number of rotatable bonds is 3. The smallest absolute Gasteiger partial charge is 0.219 e. The van der Waals surface area contributed by atoms with Gasteiger partial charge in [0.15, 0.2) is 0 Å². The number of amides is 1. The summed E-state index contributed by atoms with van der Waals surface area (Å²) < 4.78 is 0. The Labute approximate surface area is 126 Å². The van der Waals surface area contributed by atoms with Gasteiger partial charge in [-0.1, -0.05) is 24.0 Å². The summed E-state index contributed by atoms with van der Waals surface area (Å²) in [6.45, 7) is 6.08. The van der Waals surface area contributed by atoms with Crippen molar-refractivity contribution in [1.82, 2.24) is 9.80 Å². The second-order valence-electron chi connectivity index (χ2n) is 5.26. The van der Waals surface area contributed by atoms with Crippen molar-refractivity contribution in [3.8, 4) is 11.8 Å². The average Bonchev–Trinajstić information content (AvgIpc) is 2.48. The molecule has 1 heterocycles. The van der Waals surface area contributed by atoms with Gasteiger partial charge in [-0.2, -0.15) is 0 Å². The van der Waals surface area contributed by atoms with Crippen LogP contribution in [0.2, 0.25) is 0 Å². The van der Waals surface area contributed by atoms with Crippen LogP contribution in [0.5, 0.6) is 0 Å². The fraction of sp³-hybridized carbons (Fsp3) is 0.471. The Balaban J connectivity index is 1.91. The molecule has 0 aromatic heterocycles. The summed E-state index contributed by atoms with van der Waals surface area (Å²) in [5, 5.41) is 8.74. The highest BCUT2D eigenvalue weighted by molar-refractivity contribution is 5.73. The Hall–Kier alpha value is -1.83. The molecule has 0 unspecified atom stereocenters. The van der Waals surface area contributed by atoms with Crippen LogP contribution in [0.25, 0.3) is 0 Å². The molecule has 0 aliphatic carbocycles.